The van der Waals surface area contributed by atoms with Crippen LogP contribution in [0, 0.1) is 27.3 Å². The Labute approximate surface area is 203 Å². The zero-order valence-electron chi connectivity index (χ0n) is 17.3. The summed E-state index contributed by atoms with van der Waals surface area (Å²) in [7, 11) is 0. The van der Waals surface area contributed by atoms with Crippen molar-refractivity contribution < 1.29 is 32.0 Å². The van der Waals surface area contributed by atoms with Gasteiger partial charge in [-0.25, -0.2) is 4.39 Å². The molecule has 0 saturated heterocycles. The van der Waals surface area contributed by atoms with Gasteiger partial charge in [-0.3, -0.25) is 14.9 Å². The van der Waals surface area contributed by atoms with E-state index in [0.717, 1.165) is 24.3 Å². The molecule has 1 N–H and O–H groups in total. The first-order valence-corrected chi connectivity index (χ1v) is 10.3. The summed E-state index contributed by atoms with van der Waals surface area (Å²) in [6.45, 7) is 0. The van der Waals surface area contributed by atoms with Crippen LogP contribution in [-0.2, 0) is 11.0 Å². The van der Waals surface area contributed by atoms with Gasteiger partial charge in [-0.1, -0.05) is 15.9 Å². The second-order valence-electron chi connectivity index (χ2n) is 6.85. The van der Waals surface area contributed by atoms with E-state index in [2.05, 4.69) is 21.2 Å². The molecule has 0 heterocycles. The summed E-state index contributed by atoms with van der Waals surface area (Å²) in [5.41, 5.74) is -2.19. The van der Waals surface area contributed by atoms with E-state index in [1.807, 2.05) is 0 Å². The number of amides is 1. The molecule has 35 heavy (non-hydrogen) atoms. The van der Waals surface area contributed by atoms with E-state index in [9.17, 15) is 37.7 Å². The molecule has 3 aromatic rings. The first-order chi connectivity index (χ1) is 16.5. The predicted molar refractivity (Wildman–Crippen MR) is 121 cm³/mol. The summed E-state index contributed by atoms with van der Waals surface area (Å²) in [6.07, 6.45) is -3.66. The Kier molecular flexibility index (Phi) is 7.51. The Bertz CT molecular complexity index is 1370. The predicted octanol–water partition coefficient (Wildman–Crippen LogP) is 6.85. The molecule has 0 radical (unpaired) electrons. The molecule has 3 rings (SSSR count). The Morgan fingerprint density at radius 3 is 2.34 bits per heavy atom. The number of hydrogen-bond donors (Lipinski definition) is 1. The number of benzene rings is 3. The van der Waals surface area contributed by atoms with Crippen LogP contribution in [0.5, 0.6) is 11.5 Å². The van der Waals surface area contributed by atoms with Gasteiger partial charge in [-0.05, 0) is 60.7 Å². The highest BCUT2D eigenvalue weighted by molar-refractivity contribution is 9.10. The third kappa shape index (κ3) is 6.42. The van der Waals surface area contributed by atoms with Gasteiger partial charge in [-0.2, -0.15) is 18.4 Å². The lowest BCUT2D eigenvalue weighted by molar-refractivity contribution is -0.385. The van der Waals surface area contributed by atoms with Gasteiger partial charge in [0.2, 0.25) is 5.75 Å². The second-order valence-corrected chi connectivity index (χ2v) is 7.77. The largest absolute Gasteiger partial charge is 0.449 e. The summed E-state index contributed by atoms with van der Waals surface area (Å²) in [5, 5.41) is 23.2. The quantitative estimate of drug-likeness (QED) is 0.119. The monoisotopic (exact) mass is 549 g/mol. The maximum Gasteiger partial charge on any atom is 0.416 e. The average Bonchev–Trinajstić information content (AvgIpc) is 2.79. The number of nitrogens with zero attached hydrogens (tertiary/aromatic N) is 2. The average molecular weight is 550 g/mol. The molecule has 0 spiro atoms. The second kappa shape index (κ2) is 10.4. The minimum atomic E-state index is -4.80. The first kappa shape index (κ1) is 25.4. The molecule has 0 aliphatic rings. The number of alkyl halides is 3. The van der Waals surface area contributed by atoms with Crippen molar-refractivity contribution in [1.29, 1.82) is 5.26 Å². The molecule has 0 aliphatic heterocycles. The van der Waals surface area contributed by atoms with Crippen molar-refractivity contribution in [3.63, 3.8) is 0 Å². The van der Waals surface area contributed by atoms with Crippen LogP contribution in [0.1, 0.15) is 11.1 Å². The smallest absolute Gasteiger partial charge is 0.416 e. The number of hydrogen-bond acceptors (Lipinski definition) is 5. The van der Waals surface area contributed by atoms with Crippen molar-refractivity contribution in [2.45, 2.75) is 6.18 Å². The molecule has 1 amide bonds. The van der Waals surface area contributed by atoms with Crippen LogP contribution >= 0.6 is 15.9 Å². The lowest BCUT2D eigenvalue weighted by Crippen LogP contribution is -2.13. The van der Waals surface area contributed by atoms with Crippen molar-refractivity contribution >= 4 is 39.3 Å². The lowest BCUT2D eigenvalue weighted by atomic mass is 10.1. The molecule has 0 aromatic heterocycles. The summed E-state index contributed by atoms with van der Waals surface area (Å²) in [6, 6.07) is 12.6. The van der Waals surface area contributed by atoms with Gasteiger partial charge in [0.05, 0.1) is 10.5 Å². The number of ether oxygens (including phenoxy) is 1. The number of nitriles is 1. The summed E-state index contributed by atoms with van der Waals surface area (Å²) in [4.78, 5) is 22.9. The molecular weight excluding hydrogens is 538 g/mol. The van der Waals surface area contributed by atoms with E-state index in [1.54, 1.807) is 6.07 Å². The van der Waals surface area contributed by atoms with Crippen LogP contribution in [-0.4, -0.2) is 10.8 Å². The number of carbonyl (C=O) groups is 1. The molecule has 0 unspecified atom stereocenters. The Morgan fingerprint density at radius 1 is 1.09 bits per heavy atom. The molecule has 0 saturated carbocycles. The fourth-order valence-corrected chi connectivity index (χ4v) is 3.18. The molecule has 0 fully saturated rings. The number of carbonyl (C=O) groups excluding carboxylic acids is 1. The fourth-order valence-electron chi connectivity index (χ4n) is 2.80. The van der Waals surface area contributed by atoms with E-state index in [-0.39, 0.29) is 22.6 Å². The third-order valence-corrected chi connectivity index (χ3v) is 4.93. The van der Waals surface area contributed by atoms with E-state index in [1.165, 1.54) is 30.3 Å². The molecule has 0 bridgehead atoms. The van der Waals surface area contributed by atoms with Crippen LogP contribution in [0.25, 0.3) is 6.08 Å². The Hall–Kier alpha value is -4.24. The highest BCUT2D eigenvalue weighted by atomic mass is 79.9. The van der Waals surface area contributed by atoms with Gasteiger partial charge in [0.1, 0.15) is 23.2 Å². The number of rotatable bonds is 6. The maximum absolute atomic E-state index is 13.1. The molecule has 0 atom stereocenters. The number of nitro groups is 1. The third-order valence-electron chi connectivity index (χ3n) is 4.44. The summed E-state index contributed by atoms with van der Waals surface area (Å²) >= 11 is 3.22. The number of nitro benzene ring substituents is 1. The van der Waals surface area contributed by atoms with Crippen molar-refractivity contribution in [1.82, 2.24) is 0 Å². The van der Waals surface area contributed by atoms with Gasteiger partial charge >= 0.3 is 11.9 Å². The fraction of sp³-hybridized carbons (Fsp3) is 0.0435. The first-order valence-electron chi connectivity index (χ1n) is 9.49. The van der Waals surface area contributed by atoms with Crippen molar-refractivity contribution in [2.75, 3.05) is 5.32 Å². The van der Waals surface area contributed by atoms with E-state index >= 15 is 0 Å². The highest BCUT2D eigenvalue weighted by Gasteiger charge is 2.33. The number of halogens is 5. The Morgan fingerprint density at radius 2 is 1.74 bits per heavy atom. The van der Waals surface area contributed by atoms with Gasteiger partial charge in [0.15, 0.2) is 0 Å². The van der Waals surface area contributed by atoms with Crippen molar-refractivity contribution in [3.05, 3.63) is 97.8 Å². The molecule has 3 aromatic carbocycles. The van der Waals surface area contributed by atoms with E-state index in [0.29, 0.717) is 16.6 Å². The normalized spacial score (nSPS) is 11.5. The van der Waals surface area contributed by atoms with Gasteiger partial charge < -0.3 is 10.1 Å². The summed E-state index contributed by atoms with van der Waals surface area (Å²) in [5.74, 6) is -1.90. The maximum atomic E-state index is 13.1. The molecule has 12 heteroatoms. The van der Waals surface area contributed by atoms with Gasteiger partial charge in [0.25, 0.3) is 5.91 Å². The standard InChI is InChI=1S/C23H12BrF4N3O4/c24-16-2-8-20(35-21-7-1-15(23(26,27)28)11-19(21)31(33)34)13(10-16)9-14(12-29)22(32)30-18-5-3-17(25)4-6-18/h1-11H,(H,30,32)/b14-9+. The Balaban J connectivity index is 1.98. The summed E-state index contributed by atoms with van der Waals surface area (Å²) < 4.78 is 58.0. The van der Waals surface area contributed by atoms with Crippen LogP contribution in [0.15, 0.2) is 70.7 Å². The minimum absolute atomic E-state index is 0.0709. The number of nitrogens with one attached hydrogen (secondary N) is 1. The minimum Gasteiger partial charge on any atom is -0.449 e. The lowest BCUT2D eigenvalue weighted by Gasteiger charge is -2.12. The molecular formula is C23H12BrF4N3O4. The molecule has 178 valence electrons. The van der Waals surface area contributed by atoms with Gasteiger partial charge in [0, 0.05) is 21.8 Å². The SMILES string of the molecule is N#C/C(=C\c1cc(Br)ccc1Oc1ccc(C(F)(F)F)cc1[N+](=O)[O-])C(=O)Nc1ccc(F)cc1. The van der Waals surface area contributed by atoms with Crippen LogP contribution in [0.3, 0.4) is 0 Å². The van der Waals surface area contributed by atoms with Crippen LogP contribution < -0.4 is 10.1 Å². The molecule has 7 nitrogen and oxygen atoms in total. The van der Waals surface area contributed by atoms with Crippen molar-refractivity contribution in [3.8, 4) is 17.6 Å². The van der Waals surface area contributed by atoms with Crippen molar-refractivity contribution in [2.24, 2.45) is 0 Å². The number of anilines is 1. The van der Waals surface area contributed by atoms with Gasteiger partial charge in [-0.15, -0.1) is 0 Å². The van der Waals surface area contributed by atoms with Crippen LogP contribution in [0.2, 0.25) is 0 Å². The topological polar surface area (TPSA) is 105 Å². The van der Waals surface area contributed by atoms with E-state index in [4.69, 9.17) is 4.74 Å². The highest BCUT2D eigenvalue weighted by Crippen LogP contribution is 2.39. The zero-order valence-corrected chi connectivity index (χ0v) is 18.9. The molecule has 0 aliphatic carbocycles. The van der Waals surface area contributed by atoms with E-state index < -0.39 is 39.8 Å². The zero-order chi connectivity index (χ0) is 25.8. The van der Waals surface area contributed by atoms with Crippen LogP contribution in [0.4, 0.5) is 28.9 Å².